The molecule has 2 heterocycles. The van der Waals surface area contributed by atoms with E-state index in [1.807, 2.05) is 0 Å². The Morgan fingerprint density at radius 1 is 1.55 bits per heavy atom. The molecule has 1 atom stereocenters. The number of aromatic nitrogens is 2. The second-order valence-electron chi connectivity index (χ2n) is 4.30. The van der Waals surface area contributed by atoms with Gasteiger partial charge in [-0.3, -0.25) is 14.4 Å². The van der Waals surface area contributed by atoms with Gasteiger partial charge in [0.2, 0.25) is 5.91 Å². The molecule has 0 N–H and O–H groups in total. The van der Waals surface area contributed by atoms with Crippen LogP contribution < -0.4 is 4.90 Å². The topological polar surface area (TPSA) is 98.6 Å². The van der Waals surface area contributed by atoms with Gasteiger partial charge in [0.15, 0.2) is 0 Å². The van der Waals surface area contributed by atoms with E-state index in [2.05, 4.69) is 9.84 Å². The van der Waals surface area contributed by atoms with Crippen molar-refractivity contribution in [3.63, 3.8) is 0 Å². The van der Waals surface area contributed by atoms with Crippen LogP contribution in [0.5, 0.6) is 0 Å². The van der Waals surface area contributed by atoms with Crippen LogP contribution in [0.4, 0.5) is 9.70 Å². The smallest absolute Gasteiger partial charge is 0.343 e. The number of carbonyl (C=O) groups excluding carboxylic acids is 2. The second kappa shape index (κ2) is 4.85. The monoisotopic (exact) mass is 305 g/mol. The van der Waals surface area contributed by atoms with Crippen molar-refractivity contribution in [1.82, 2.24) is 9.78 Å². The van der Waals surface area contributed by atoms with Gasteiger partial charge in [-0.2, -0.15) is 13.5 Å². The molecule has 1 saturated heterocycles. The third-order valence-electron chi connectivity index (χ3n) is 3.06. The average molecular weight is 305 g/mol. The second-order valence-corrected chi connectivity index (χ2v) is 5.92. The van der Waals surface area contributed by atoms with E-state index in [0.717, 1.165) is 4.90 Å². The highest BCUT2D eigenvalue weighted by atomic mass is 32.3. The fourth-order valence-electron chi connectivity index (χ4n) is 2.07. The number of hydrogen-bond acceptors (Lipinski definition) is 6. The van der Waals surface area contributed by atoms with E-state index in [1.54, 1.807) is 0 Å². The number of esters is 1. The number of aryl methyl sites for hydroxylation is 1. The lowest BCUT2D eigenvalue weighted by Gasteiger charge is -2.17. The number of rotatable bonds is 3. The molecule has 1 aromatic rings. The number of hydrogen-bond donors (Lipinski definition) is 0. The van der Waals surface area contributed by atoms with E-state index >= 15 is 0 Å². The highest BCUT2D eigenvalue weighted by Gasteiger charge is 2.41. The lowest BCUT2D eigenvalue weighted by atomic mass is 10.3. The van der Waals surface area contributed by atoms with Crippen LogP contribution >= 0.6 is 0 Å². The maximum absolute atomic E-state index is 13.0. The molecule has 1 aromatic heterocycles. The highest BCUT2D eigenvalue weighted by molar-refractivity contribution is 7.87. The molecule has 1 aliphatic rings. The molecule has 1 aliphatic heterocycles. The summed E-state index contributed by atoms with van der Waals surface area (Å²) >= 11 is 0. The number of methoxy groups -OCH3 is 1. The van der Waals surface area contributed by atoms with Crippen molar-refractivity contribution in [3.05, 3.63) is 11.8 Å². The van der Waals surface area contributed by atoms with E-state index in [4.69, 9.17) is 0 Å². The molecule has 0 radical (unpaired) electrons. The predicted octanol–water partition coefficient (Wildman–Crippen LogP) is -0.389. The van der Waals surface area contributed by atoms with E-state index < -0.39 is 33.8 Å². The maximum atomic E-state index is 13.0. The maximum Gasteiger partial charge on any atom is 0.343 e. The van der Waals surface area contributed by atoms with E-state index in [-0.39, 0.29) is 17.9 Å². The Kier molecular flexibility index (Phi) is 3.50. The summed E-state index contributed by atoms with van der Waals surface area (Å²) in [6, 6.07) is 0. The first kappa shape index (κ1) is 14.4. The van der Waals surface area contributed by atoms with Crippen molar-refractivity contribution in [2.75, 3.05) is 18.6 Å². The Hall–Kier alpha value is -1.97. The minimum Gasteiger partial charge on any atom is -0.465 e. The lowest BCUT2D eigenvalue weighted by molar-refractivity contribution is -0.117. The van der Waals surface area contributed by atoms with Gasteiger partial charge in [-0.05, 0) is 0 Å². The normalized spacial score (nSPS) is 19.4. The Bertz CT molecular complexity index is 668. The third-order valence-corrected chi connectivity index (χ3v) is 4.17. The van der Waals surface area contributed by atoms with Crippen molar-refractivity contribution in [2.45, 2.75) is 11.7 Å². The molecular weight excluding hydrogens is 293 g/mol. The number of nitrogens with zero attached hydrogens (tertiary/aromatic N) is 3. The zero-order chi connectivity index (χ0) is 15.1. The highest BCUT2D eigenvalue weighted by Crippen LogP contribution is 2.28. The largest absolute Gasteiger partial charge is 0.465 e. The van der Waals surface area contributed by atoms with Gasteiger partial charge in [0, 0.05) is 20.0 Å². The van der Waals surface area contributed by atoms with Crippen molar-refractivity contribution >= 4 is 27.9 Å². The fourth-order valence-corrected chi connectivity index (χ4v) is 2.74. The van der Waals surface area contributed by atoms with E-state index in [9.17, 15) is 21.9 Å². The predicted molar refractivity (Wildman–Crippen MR) is 65.3 cm³/mol. The number of halogens is 1. The van der Waals surface area contributed by atoms with Crippen molar-refractivity contribution in [3.8, 4) is 0 Å². The summed E-state index contributed by atoms with van der Waals surface area (Å²) in [6.45, 7) is -0.360. The molecule has 0 saturated carbocycles. The van der Waals surface area contributed by atoms with Crippen LogP contribution in [-0.2, 0) is 26.8 Å². The number of amides is 1. The van der Waals surface area contributed by atoms with Crippen LogP contribution in [-0.4, -0.2) is 49.0 Å². The molecule has 2 rings (SSSR count). The molecule has 110 valence electrons. The quantitative estimate of drug-likeness (QED) is 0.557. The van der Waals surface area contributed by atoms with Crippen LogP contribution in [0.1, 0.15) is 16.8 Å². The van der Waals surface area contributed by atoms with Crippen molar-refractivity contribution in [1.29, 1.82) is 0 Å². The fraction of sp³-hybridized carbons (Fsp3) is 0.500. The molecule has 1 fully saturated rings. The summed E-state index contributed by atoms with van der Waals surface area (Å²) in [5, 5.41) is 2.40. The Labute approximate surface area is 114 Å². The lowest BCUT2D eigenvalue weighted by Crippen LogP contribution is -2.30. The average Bonchev–Trinajstić information content (AvgIpc) is 2.91. The van der Waals surface area contributed by atoms with Gasteiger partial charge in [-0.15, -0.1) is 3.89 Å². The zero-order valence-electron chi connectivity index (χ0n) is 10.7. The Morgan fingerprint density at radius 2 is 2.20 bits per heavy atom. The molecule has 0 aromatic carbocycles. The van der Waals surface area contributed by atoms with Gasteiger partial charge in [-0.25, -0.2) is 4.79 Å². The molecule has 0 bridgehead atoms. The SMILES string of the molecule is COC(=O)c1cnn(C)c1N1CC(S(=O)(=O)F)CC1=O. The van der Waals surface area contributed by atoms with Crippen molar-refractivity contribution in [2.24, 2.45) is 7.05 Å². The molecule has 1 unspecified atom stereocenters. The molecule has 0 aliphatic carbocycles. The molecule has 8 nitrogen and oxygen atoms in total. The van der Waals surface area contributed by atoms with E-state index in [0.29, 0.717) is 0 Å². The molecule has 20 heavy (non-hydrogen) atoms. The first-order chi connectivity index (χ1) is 9.25. The number of carbonyl (C=O) groups is 2. The molecular formula is C10H12FN3O5S. The Morgan fingerprint density at radius 3 is 2.70 bits per heavy atom. The molecule has 0 spiro atoms. The zero-order valence-corrected chi connectivity index (χ0v) is 11.6. The van der Waals surface area contributed by atoms with Crippen molar-refractivity contribution < 1.29 is 26.6 Å². The summed E-state index contributed by atoms with van der Waals surface area (Å²) < 4.78 is 40.6. The summed E-state index contributed by atoms with van der Waals surface area (Å²) in [4.78, 5) is 24.5. The van der Waals surface area contributed by atoms with Gasteiger partial charge in [0.1, 0.15) is 16.6 Å². The van der Waals surface area contributed by atoms with Crippen LogP contribution in [0.15, 0.2) is 6.20 Å². The first-order valence-corrected chi connectivity index (χ1v) is 7.04. The summed E-state index contributed by atoms with van der Waals surface area (Å²) in [7, 11) is -2.17. The minimum absolute atomic E-state index is 0.0141. The molecule has 1 amide bonds. The van der Waals surface area contributed by atoms with Gasteiger partial charge in [0.05, 0.1) is 13.3 Å². The van der Waals surface area contributed by atoms with Gasteiger partial charge < -0.3 is 4.74 Å². The summed E-state index contributed by atoms with van der Waals surface area (Å²) in [6.07, 6.45) is 0.732. The Balaban J connectivity index is 2.40. The molecule has 10 heteroatoms. The standard InChI is InChI=1S/C10H12FN3O5S/c1-13-9(7(4-12-13)10(16)19-2)14-5-6(3-8(14)15)20(11,17)18/h4,6H,3,5H2,1-2H3. The minimum atomic E-state index is -4.82. The summed E-state index contributed by atoms with van der Waals surface area (Å²) in [5.74, 6) is -1.22. The van der Waals surface area contributed by atoms with Crippen LogP contribution in [0.25, 0.3) is 0 Å². The number of anilines is 1. The third kappa shape index (κ3) is 2.38. The van der Waals surface area contributed by atoms with Crippen LogP contribution in [0.3, 0.4) is 0 Å². The van der Waals surface area contributed by atoms with Crippen LogP contribution in [0, 0.1) is 0 Å². The van der Waals surface area contributed by atoms with E-state index in [1.165, 1.54) is 25.0 Å². The summed E-state index contributed by atoms with van der Waals surface area (Å²) in [5.41, 5.74) is 0.0141. The number of ether oxygens (including phenoxy) is 1. The van der Waals surface area contributed by atoms with Gasteiger partial charge >= 0.3 is 16.2 Å². The van der Waals surface area contributed by atoms with Crippen LogP contribution in [0.2, 0.25) is 0 Å². The van der Waals surface area contributed by atoms with Gasteiger partial charge in [-0.1, -0.05) is 0 Å². The van der Waals surface area contributed by atoms with Gasteiger partial charge in [0.25, 0.3) is 0 Å². The first-order valence-electron chi connectivity index (χ1n) is 5.60.